The van der Waals surface area contributed by atoms with Gasteiger partial charge in [-0.25, -0.2) is 4.98 Å². The molecule has 0 saturated carbocycles. The quantitative estimate of drug-likeness (QED) is 0.792. The van der Waals surface area contributed by atoms with E-state index in [1.165, 1.54) is 16.2 Å². The van der Waals surface area contributed by atoms with E-state index in [0.717, 1.165) is 5.56 Å². The van der Waals surface area contributed by atoms with Crippen LogP contribution in [0.1, 0.15) is 26.4 Å². The number of amides is 2. The van der Waals surface area contributed by atoms with Crippen molar-refractivity contribution >= 4 is 34.5 Å². The van der Waals surface area contributed by atoms with E-state index in [2.05, 4.69) is 9.97 Å². The molecule has 0 radical (unpaired) electrons. The number of hydrogen-bond acceptors (Lipinski definition) is 5. The highest BCUT2D eigenvalue weighted by molar-refractivity contribution is 7.07. The average molecular weight is 338 g/mol. The molecule has 0 aliphatic rings. The van der Waals surface area contributed by atoms with E-state index < -0.39 is 5.91 Å². The highest BCUT2D eigenvalue weighted by atomic mass is 32.1. The smallest absolute Gasteiger partial charge is 0.282 e. The number of nitrogens with zero attached hydrogens (tertiary/aromatic N) is 3. The van der Waals surface area contributed by atoms with Crippen LogP contribution in [0.5, 0.6) is 0 Å². The van der Waals surface area contributed by atoms with Crippen molar-refractivity contribution in [2.24, 2.45) is 5.73 Å². The Balaban J connectivity index is 2.21. The van der Waals surface area contributed by atoms with E-state index in [1.54, 1.807) is 53.6 Å². The van der Waals surface area contributed by atoms with Gasteiger partial charge >= 0.3 is 0 Å². The van der Waals surface area contributed by atoms with Crippen LogP contribution in [0.4, 0.5) is 11.4 Å². The fraction of sp³-hybridized carbons (Fsp3) is 0.0588. The first-order valence-corrected chi connectivity index (χ1v) is 8.05. The summed E-state index contributed by atoms with van der Waals surface area (Å²) in [7, 11) is 0. The molecule has 3 rings (SSSR count). The maximum Gasteiger partial charge on any atom is 0.282 e. The number of hydrogen-bond donors (Lipinski definition) is 1. The van der Waals surface area contributed by atoms with Crippen LogP contribution in [-0.4, -0.2) is 21.8 Å². The Kier molecular flexibility index (Phi) is 4.35. The molecule has 2 amide bonds. The maximum atomic E-state index is 13.0. The van der Waals surface area contributed by atoms with E-state index in [9.17, 15) is 9.59 Å². The van der Waals surface area contributed by atoms with Gasteiger partial charge in [0, 0.05) is 17.8 Å². The molecule has 0 aliphatic heterocycles. The van der Waals surface area contributed by atoms with Gasteiger partial charge in [0.1, 0.15) is 5.69 Å². The third kappa shape index (κ3) is 3.02. The molecule has 0 atom stereocenters. The van der Waals surface area contributed by atoms with Crippen molar-refractivity contribution in [3.63, 3.8) is 0 Å². The second kappa shape index (κ2) is 6.59. The third-order valence-electron chi connectivity index (χ3n) is 3.44. The van der Waals surface area contributed by atoms with Gasteiger partial charge < -0.3 is 5.73 Å². The first kappa shape index (κ1) is 15.8. The fourth-order valence-electron chi connectivity index (χ4n) is 2.33. The number of carbonyl (C=O) groups is 2. The summed E-state index contributed by atoms with van der Waals surface area (Å²) in [5.74, 6) is -0.939. The van der Waals surface area contributed by atoms with Crippen molar-refractivity contribution in [3.05, 3.63) is 70.4 Å². The summed E-state index contributed by atoms with van der Waals surface area (Å²) in [5.41, 5.74) is 9.55. The summed E-state index contributed by atoms with van der Waals surface area (Å²) in [6.07, 6.45) is 3.16. The number of aryl methyl sites for hydroxylation is 1. The minimum absolute atomic E-state index is 0.265. The highest BCUT2D eigenvalue weighted by Crippen LogP contribution is 2.31. The topological polar surface area (TPSA) is 89.2 Å². The molecule has 0 saturated heterocycles. The van der Waals surface area contributed by atoms with Gasteiger partial charge in [-0.05, 0) is 36.8 Å². The number of primary amides is 1. The van der Waals surface area contributed by atoms with Crippen LogP contribution in [-0.2, 0) is 0 Å². The Hall–Kier alpha value is -3.06. The van der Waals surface area contributed by atoms with Gasteiger partial charge in [-0.1, -0.05) is 6.07 Å². The van der Waals surface area contributed by atoms with Crippen LogP contribution in [0.25, 0.3) is 0 Å². The molecule has 6 nitrogen and oxygen atoms in total. The van der Waals surface area contributed by atoms with Crippen molar-refractivity contribution in [1.29, 1.82) is 0 Å². The van der Waals surface area contributed by atoms with Gasteiger partial charge in [0.25, 0.3) is 11.8 Å². The molecule has 24 heavy (non-hydrogen) atoms. The van der Waals surface area contributed by atoms with Crippen LogP contribution in [0.15, 0.2) is 53.6 Å². The summed E-state index contributed by atoms with van der Waals surface area (Å²) >= 11 is 1.33. The Labute approximate surface area is 142 Å². The molecule has 0 spiro atoms. The number of anilines is 2. The van der Waals surface area contributed by atoms with E-state index in [-0.39, 0.29) is 11.5 Å². The standard InChI is InChI=1S/C17H14N4O2S/c1-11-2-3-13(16(18)22)15(8-11)21(12-4-6-19-7-5-12)17(23)14-9-24-10-20-14/h2-10H,1H3,(H2,18,22). The van der Waals surface area contributed by atoms with E-state index >= 15 is 0 Å². The molecule has 2 aromatic heterocycles. The van der Waals surface area contributed by atoms with Crippen molar-refractivity contribution in [2.45, 2.75) is 6.92 Å². The lowest BCUT2D eigenvalue weighted by atomic mass is 10.1. The molecule has 120 valence electrons. The maximum absolute atomic E-state index is 13.0. The number of nitrogens with two attached hydrogens (primary N) is 1. The van der Waals surface area contributed by atoms with E-state index in [1.807, 2.05) is 6.92 Å². The Morgan fingerprint density at radius 2 is 1.92 bits per heavy atom. The predicted molar refractivity (Wildman–Crippen MR) is 92.5 cm³/mol. The summed E-state index contributed by atoms with van der Waals surface area (Å²) in [4.78, 5) is 34.3. The molecule has 1 aromatic carbocycles. The Morgan fingerprint density at radius 1 is 1.17 bits per heavy atom. The van der Waals surface area contributed by atoms with Gasteiger partial charge in [-0.3, -0.25) is 19.5 Å². The lowest BCUT2D eigenvalue weighted by molar-refractivity contribution is 0.0995. The zero-order valence-corrected chi connectivity index (χ0v) is 13.7. The average Bonchev–Trinajstić information content (AvgIpc) is 3.10. The van der Waals surface area contributed by atoms with Gasteiger partial charge in [0.2, 0.25) is 0 Å². The largest absolute Gasteiger partial charge is 0.366 e. The monoisotopic (exact) mass is 338 g/mol. The third-order valence-corrected chi connectivity index (χ3v) is 4.02. The second-order valence-electron chi connectivity index (χ2n) is 5.10. The fourth-order valence-corrected chi connectivity index (χ4v) is 2.85. The number of benzene rings is 1. The van der Waals surface area contributed by atoms with Crippen molar-refractivity contribution in [3.8, 4) is 0 Å². The minimum atomic E-state index is -0.602. The minimum Gasteiger partial charge on any atom is -0.366 e. The van der Waals surface area contributed by atoms with Crippen LogP contribution >= 0.6 is 11.3 Å². The first-order chi connectivity index (χ1) is 11.6. The SMILES string of the molecule is Cc1ccc(C(N)=O)c(N(C(=O)c2cscn2)c2ccncc2)c1. The van der Waals surface area contributed by atoms with Gasteiger partial charge in [-0.2, -0.15) is 0 Å². The lowest BCUT2D eigenvalue weighted by Crippen LogP contribution is -2.29. The summed E-state index contributed by atoms with van der Waals surface area (Å²) < 4.78 is 0. The highest BCUT2D eigenvalue weighted by Gasteiger charge is 2.25. The van der Waals surface area contributed by atoms with Crippen LogP contribution < -0.4 is 10.6 Å². The van der Waals surface area contributed by atoms with Gasteiger partial charge in [-0.15, -0.1) is 11.3 Å². The number of thiazole rings is 1. The number of aromatic nitrogens is 2. The molecule has 2 N–H and O–H groups in total. The number of carbonyl (C=O) groups excluding carboxylic acids is 2. The van der Waals surface area contributed by atoms with Crippen molar-refractivity contribution in [1.82, 2.24) is 9.97 Å². The second-order valence-corrected chi connectivity index (χ2v) is 5.82. The van der Waals surface area contributed by atoms with Crippen LogP contribution in [0.2, 0.25) is 0 Å². The van der Waals surface area contributed by atoms with E-state index in [0.29, 0.717) is 17.1 Å². The Morgan fingerprint density at radius 3 is 2.54 bits per heavy atom. The molecular weight excluding hydrogens is 324 g/mol. The molecule has 2 heterocycles. The number of rotatable bonds is 4. The molecule has 3 aromatic rings. The molecular formula is C17H14N4O2S. The van der Waals surface area contributed by atoms with E-state index in [4.69, 9.17) is 5.73 Å². The molecule has 0 bridgehead atoms. The van der Waals surface area contributed by atoms with Crippen LogP contribution in [0, 0.1) is 6.92 Å². The summed E-state index contributed by atoms with van der Waals surface area (Å²) in [6, 6.07) is 8.54. The molecule has 0 unspecified atom stereocenters. The van der Waals surface area contributed by atoms with Crippen molar-refractivity contribution in [2.75, 3.05) is 4.90 Å². The normalized spacial score (nSPS) is 10.4. The molecule has 7 heteroatoms. The molecule has 0 fully saturated rings. The molecule has 0 aliphatic carbocycles. The summed E-state index contributed by atoms with van der Waals surface area (Å²) in [6.45, 7) is 1.88. The zero-order valence-electron chi connectivity index (χ0n) is 12.8. The predicted octanol–water partition coefficient (Wildman–Crippen LogP) is 2.92. The lowest BCUT2D eigenvalue weighted by Gasteiger charge is -2.24. The van der Waals surface area contributed by atoms with Gasteiger partial charge in [0.15, 0.2) is 0 Å². The van der Waals surface area contributed by atoms with Crippen molar-refractivity contribution < 1.29 is 9.59 Å². The van der Waals surface area contributed by atoms with Gasteiger partial charge in [0.05, 0.1) is 22.4 Å². The first-order valence-electron chi connectivity index (χ1n) is 7.11. The Bertz CT molecular complexity index is 879. The zero-order chi connectivity index (χ0) is 17.1. The summed E-state index contributed by atoms with van der Waals surface area (Å²) in [5, 5.41) is 1.66. The number of pyridine rings is 1. The van der Waals surface area contributed by atoms with Crippen LogP contribution in [0.3, 0.4) is 0 Å².